The van der Waals surface area contributed by atoms with E-state index < -0.39 is 0 Å². The summed E-state index contributed by atoms with van der Waals surface area (Å²) in [4.78, 5) is 16.7. The second-order valence-electron chi connectivity index (χ2n) is 10.1. The number of anilines is 4. The number of likely N-dealkylation sites (tertiary alicyclic amines) is 1. The predicted molar refractivity (Wildman–Crippen MR) is 157 cm³/mol. The van der Waals surface area contributed by atoms with E-state index in [4.69, 9.17) is 15.0 Å². The smallest absolute Gasteiger partial charge is 0.233 e. The first-order chi connectivity index (χ1) is 18.1. The topological polar surface area (TPSA) is 98.2 Å². The molecule has 0 spiro atoms. The van der Waals surface area contributed by atoms with E-state index in [9.17, 15) is 5.11 Å². The Morgan fingerprint density at radius 1 is 0.784 bits per heavy atom. The van der Waals surface area contributed by atoms with E-state index in [0.717, 1.165) is 54.6 Å². The molecule has 2 aromatic carbocycles. The van der Waals surface area contributed by atoms with E-state index in [1.165, 1.54) is 31.2 Å². The summed E-state index contributed by atoms with van der Waals surface area (Å²) in [6.45, 7) is 3.08. The van der Waals surface area contributed by atoms with Gasteiger partial charge in [-0.3, -0.25) is 4.90 Å². The molecule has 2 fully saturated rings. The van der Waals surface area contributed by atoms with Crippen molar-refractivity contribution >= 4 is 46.1 Å². The number of hydrogen-bond acceptors (Lipinski definition) is 8. The zero-order chi connectivity index (χ0) is 25.5. The fraction of sp³-hybridized carbons (Fsp3) is 0.464. The Bertz CT molecular complexity index is 1150. The Hall–Kier alpha value is -2.66. The van der Waals surface area contributed by atoms with Crippen LogP contribution in [-0.4, -0.2) is 50.1 Å². The third-order valence-electron chi connectivity index (χ3n) is 7.20. The highest BCUT2D eigenvalue weighted by atomic mass is 127. The zero-order valence-corrected chi connectivity index (χ0v) is 23.3. The van der Waals surface area contributed by atoms with Crippen LogP contribution in [0.5, 0.6) is 5.75 Å². The minimum Gasteiger partial charge on any atom is -0.507 e. The van der Waals surface area contributed by atoms with Crippen LogP contribution in [-0.2, 0) is 6.54 Å². The number of piperidine rings is 1. The first kappa shape index (κ1) is 26.0. The van der Waals surface area contributed by atoms with Gasteiger partial charge in [-0.2, -0.15) is 15.0 Å². The molecule has 3 aromatic rings. The van der Waals surface area contributed by atoms with Gasteiger partial charge in [0.05, 0.1) is 3.57 Å². The number of nitrogens with zero attached hydrogens (tertiary/aromatic N) is 4. The van der Waals surface area contributed by atoms with Crippen molar-refractivity contribution in [3.63, 3.8) is 0 Å². The van der Waals surface area contributed by atoms with Crippen molar-refractivity contribution < 1.29 is 5.11 Å². The number of phenolic OH excluding ortho intramolecular Hbond substituents is 1. The molecule has 0 atom stereocenters. The molecule has 5 rings (SSSR count). The van der Waals surface area contributed by atoms with Gasteiger partial charge in [0, 0.05) is 37.4 Å². The first-order valence-electron chi connectivity index (χ1n) is 13.4. The average Bonchev–Trinajstić information content (AvgIpc) is 3.17. The summed E-state index contributed by atoms with van der Waals surface area (Å²) in [6.07, 6.45) is 9.47. The highest BCUT2D eigenvalue weighted by Gasteiger charge is 2.21. The van der Waals surface area contributed by atoms with Gasteiger partial charge in [0.2, 0.25) is 17.8 Å². The summed E-state index contributed by atoms with van der Waals surface area (Å²) in [5.41, 5.74) is 2.19. The molecule has 1 aliphatic heterocycles. The first-order valence-corrected chi connectivity index (χ1v) is 14.5. The highest BCUT2D eigenvalue weighted by molar-refractivity contribution is 14.1. The third-order valence-corrected chi connectivity index (χ3v) is 8.06. The van der Waals surface area contributed by atoms with Gasteiger partial charge in [0.15, 0.2) is 0 Å². The van der Waals surface area contributed by atoms with Crippen LogP contribution in [0.4, 0.5) is 23.5 Å². The van der Waals surface area contributed by atoms with E-state index in [1.54, 1.807) is 6.07 Å². The maximum absolute atomic E-state index is 9.89. The van der Waals surface area contributed by atoms with Crippen molar-refractivity contribution in [1.29, 1.82) is 0 Å². The van der Waals surface area contributed by atoms with E-state index in [2.05, 4.69) is 73.8 Å². The van der Waals surface area contributed by atoms with Crippen molar-refractivity contribution in [3.05, 3.63) is 57.7 Å². The van der Waals surface area contributed by atoms with Crippen molar-refractivity contribution in [1.82, 2.24) is 19.9 Å². The molecule has 4 N–H and O–H groups in total. The lowest BCUT2D eigenvalue weighted by molar-refractivity contribution is 0.211. The zero-order valence-electron chi connectivity index (χ0n) is 21.2. The monoisotopic (exact) mass is 613 g/mol. The molecule has 0 radical (unpaired) electrons. The number of phenols is 1. The second kappa shape index (κ2) is 12.7. The number of rotatable bonds is 8. The van der Waals surface area contributed by atoms with Crippen LogP contribution in [0.3, 0.4) is 0 Å². The summed E-state index contributed by atoms with van der Waals surface area (Å²) in [6, 6.07) is 16.8. The molecular formula is C28H36IN7O. The maximum Gasteiger partial charge on any atom is 0.233 e. The minimum atomic E-state index is 0.262. The molecule has 1 aliphatic carbocycles. The predicted octanol–water partition coefficient (Wildman–Crippen LogP) is 6.14. The average molecular weight is 614 g/mol. The van der Waals surface area contributed by atoms with E-state index in [1.807, 2.05) is 12.1 Å². The van der Waals surface area contributed by atoms with Crippen LogP contribution >= 0.6 is 22.6 Å². The van der Waals surface area contributed by atoms with Gasteiger partial charge in [-0.1, -0.05) is 56.0 Å². The molecule has 1 saturated heterocycles. The SMILES string of the molecule is Oc1ccc(Nc2nc(NC3CCCCCC3)nc(NC3CCN(Cc4ccccc4)CC3)n2)cc1I. The fourth-order valence-electron chi connectivity index (χ4n) is 5.14. The Morgan fingerprint density at radius 2 is 1.41 bits per heavy atom. The van der Waals surface area contributed by atoms with Gasteiger partial charge in [-0.05, 0) is 72.0 Å². The fourth-order valence-corrected chi connectivity index (χ4v) is 5.66. The number of benzene rings is 2. The van der Waals surface area contributed by atoms with E-state index >= 15 is 0 Å². The Kier molecular flexibility index (Phi) is 8.93. The molecule has 9 heteroatoms. The molecule has 0 unspecified atom stereocenters. The lowest BCUT2D eigenvalue weighted by Crippen LogP contribution is -2.39. The lowest BCUT2D eigenvalue weighted by atomic mass is 10.0. The molecular weight excluding hydrogens is 577 g/mol. The van der Waals surface area contributed by atoms with Crippen LogP contribution in [0.1, 0.15) is 56.9 Å². The van der Waals surface area contributed by atoms with E-state index in [-0.39, 0.29) is 5.75 Å². The molecule has 8 nitrogen and oxygen atoms in total. The van der Waals surface area contributed by atoms with Gasteiger partial charge in [-0.25, -0.2) is 0 Å². The molecule has 1 saturated carbocycles. The van der Waals surface area contributed by atoms with Gasteiger partial charge in [0.1, 0.15) is 5.75 Å². The summed E-state index contributed by atoms with van der Waals surface area (Å²) < 4.78 is 0.772. The van der Waals surface area contributed by atoms with Gasteiger partial charge in [-0.15, -0.1) is 0 Å². The Labute approximate surface area is 232 Å². The summed E-state index contributed by atoms with van der Waals surface area (Å²) >= 11 is 2.12. The van der Waals surface area contributed by atoms with Crippen LogP contribution in [0.25, 0.3) is 0 Å². The number of halogens is 1. The maximum atomic E-state index is 9.89. The van der Waals surface area contributed by atoms with E-state index in [0.29, 0.717) is 29.9 Å². The number of hydrogen-bond donors (Lipinski definition) is 4. The third kappa shape index (κ3) is 7.67. The number of aromatic hydroxyl groups is 1. The summed E-state index contributed by atoms with van der Waals surface area (Å²) in [7, 11) is 0. The largest absolute Gasteiger partial charge is 0.507 e. The van der Waals surface area contributed by atoms with Crippen LogP contribution in [0, 0.1) is 3.57 Å². The van der Waals surface area contributed by atoms with Gasteiger partial charge < -0.3 is 21.1 Å². The normalized spacial score (nSPS) is 17.8. The lowest BCUT2D eigenvalue weighted by Gasteiger charge is -2.32. The second-order valence-corrected chi connectivity index (χ2v) is 11.3. The highest BCUT2D eigenvalue weighted by Crippen LogP contribution is 2.26. The Morgan fingerprint density at radius 3 is 2.05 bits per heavy atom. The number of nitrogens with one attached hydrogen (secondary N) is 3. The van der Waals surface area contributed by atoms with Crippen LogP contribution < -0.4 is 16.0 Å². The quantitative estimate of drug-likeness (QED) is 0.137. The van der Waals surface area contributed by atoms with Crippen molar-refractivity contribution in [2.75, 3.05) is 29.0 Å². The van der Waals surface area contributed by atoms with Crippen molar-refractivity contribution in [2.45, 2.75) is 70.0 Å². The van der Waals surface area contributed by atoms with Gasteiger partial charge in [0.25, 0.3) is 0 Å². The molecule has 0 bridgehead atoms. The van der Waals surface area contributed by atoms with Crippen LogP contribution in [0.2, 0.25) is 0 Å². The molecule has 1 aromatic heterocycles. The summed E-state index contributed by atoms with van der Waals surface area (Å²) in [5.74, 6) is 1.97. The van der Waals surface area contributed by atoms with Crippen LogP contribution in [0.15, 0.2) is 48.5 Å². The van der Waals surface area contributed by atoms with Gasteiger partial charge >= 0.3 is 0 Å². The molecule has 196 valence electrons. The van der Waals surface area contributed by atoms with Crippen molar-refractivity contribution in [2.24, 2.45) is 0 Å². The molecule has 2 aliphatic rings. The van der Waals surface area contributed by atoms with Crippen molar-refractivity contribution in [3.8, 4) is 5.75 Å². The standard InChI is InChI=1S/C28H36IN7O/c29-24-18-23(12-13-25(24)37)32-28-34-26(30-21-10-6-1-2-7-11-21)33-27(35-28)31-22-14-16-36(17-15-22)19-20-8-4-3-5-9-20/h3-5,8-9,12-13,18,21-22,37H,1-2,6-7,10-11,14-17,19H2,(H3,30,31,32,33,34,35). The summed E-state index contributed by atoms with van der Waals surface area (Å²) in [5, 5.41) is 20.4. The molecule has 0 amide bonds. The molecule has 37 heavy (non-hydrogen) atoms. The number of aromatic nitrogens is 3. The Balaban J connectivity index is 1.27. The minimum absolute atomic E-state index is 0.262. The molecule has 2 heterocycles.